The SMILES string of the molecule is CCCCCCCCCCCCCCCCOc1c(C#Cc2ccc(OCC(O)CO)cc2)cc(C)cc1C#Cc1ccc(OCC(O)CO)cc1. The first-order valence-electron chi connectivity index (χ1n) is 19.3. The van der Waals surface area contributed by atoms with Crippen molar-refractivity contribution < 1.29 is 34.6 Å². The molecule has 0 spiro atoms. The Bertz CT molecular complexity index is 1430. The molecule has 4 N–H and O–H groups in total. The Balaban J connectivity index is 1.63. The molecular formula is C45H60O7. The molecule has 3 aromatic carbocycles. The van der Waals surface area contributed by atoms with Gasteiger partial charge < -0.3 is 34.6 Å². The summed E-state index contributed by atoms with van der Waals surface area (Å²) in [7, 11) is 0. The molecule has 0 aliphatic carbocycles. The van der Waals surface area contributed by atoms with Crippen LogP contribution in [0.25, 0.3) is 0 Å². The number of unbranched alkanes of at least 4 members (excludes halogenated alkanes) is 13. The third kappa shape index (κ3) is 17.5. The second-order valence-electron chi connectivity index (χ2n) is 13.5. The molecule has 0 saturated heterocycles. The van der Waals surface area contributed by atoms with Gasteiger partial charge in [0.25, 0.3) is 0 Å². The van der Waals surface area contributed by atoms with Crippen molar-refractivity contribution in [3.63, 3.8) is 0 Å². The fourth-order valence-corrected chi connectivity index (χ4v) is 5.62. The normalized spacial score (nSPS) is 11.9. The van der Waals surface area contributed by atoms with Crippen LogP contribution in [0, 0.1) is 30.6 Å². The van der Waals surface area contributed by atoms with Gasteiger partial charge in [0.1, 0.15) is 36.9 Å². The molecule has 52 heavy (non-hydrogen) atoms. The molecule has 7 heteroatoms. The molecule has 0 radical (unpaired) electrons. The zero-order valence-corrected chi connectivity index (χ0v) is 31.4. The number of ether oxygens (including phenoxy) is 3. The molecule has 0 aromatic heterocycles. The van der Waals surface area contributed by atoms with E-state index in [1.165, 1.54) is 77.0 Å². The fourth-order valence-electron chi connectivity index (χ4n) is 5.62. The monoisotopic (exact) mass is 712 g/mol. The lowest BCUT2D eigenvalue weighted by Crippen LogP contribution is -2.21. The number of aliphatic hydroxyl groups is 4. The van der Waals surface area contributed by atoms with Crippen LogP contribution in [0.5, 0.6) is 17.2 Å². The molecule has 2 atom stereocenters. The lowest BCUT2D eigenvalue weighted by atomic mass is 10.0. The van der Waals surface area contributed by atoms with Crippen molar-refractivity contribution in [2.24, 2.45) is 0 Å². The van der Waals surface area contributed by atoms with Crippen LogP contribution < -0.4 is 14.2 Å². The second kappa shape index (κ2) is 25.9. The molecule has 0 amide bonds. The van der Waals surface area contributed by atoms with E-state index in [4.69, 9.17) is 24.4 Å². The van der Waals surface area contributed by atoms with E-state index in [0.29, 0.717) is 23.9 Å². The molecule has 0 fully saturated rings. The molecule has 0 saturated carbocycles. The molecule has 7 nitrogen and oxygen atoms in total. The molecule has 0 aliphatic rings. The lowest BCUT2D eigenvalue weighted by Gasteiger charge is -2.12. The average molecular weight is 713 g/mol. The molecule has 2 unspecified atom stereocenters. The Morgan fingerprint density at radius 3 is 1.29 bits per heavy atom. The molecule has 282 valence electrons. The largest absolute Gasteiger partial charge is 0.491 e. The van der Waals surface area contributed by atoms with Crippen molar-refractivity contribution in [1.82, 2.24) is 0 Å². The summed E-state index contributed by atoms with van der Waals surface area (Å²) < 4.78 is 17.5. The predicted molar refractivity (Wildman–Crippen MR) is 209 cm³/mol. The van der Waals surface area contributed by atoms with Crippen molar-refractivity contribution in [3.05, 3.63) is 88.5 Å². The van der Waals surface area contributed by atoms with E-state index in [2.05, 4.69) is 30.6 Å². The van der Waals surface area contributed by atoms with Crippen LogP contribution in [0.3, 0.4) is 0 Å². The second-order valence-corrected chi connectivity index (χ2v) is 13.5. The highest BCUT2D eigenvalue weighted by Gasteiger charge is 2.10. The summed E-state index contributed by atoms with van der Waals surface area (Å²) >= 11 is 0. The number of hydrogen-bond donors (Lipinski definition) is 4. The van der Waals surface area contributed by atoms with E-state index in [1.54, 1.807) is 24.3 Å². The highest BCUT2D eigenvalue weighted by atomic mass is 16.5. The van der Waals surface area contributed by atoms with Crippen molar-refractivity contribution in [2.75, 3.05) is 33.0 Å². The van der Waals surface area contributed by atoms with Gasteiger partial charge in [-0.25, -0.2) is 0 Å². The molecule has 0 heterocycles. The van der Waals surface area contributed by atoms with Gasteiger partial charge in [-0.15, -0.1) is 0 Å². The predicted octanol–water partition coefficient (Wildman–Crippen LogP) is 8.12. The van der Waals surface area contributed by atoms with Gasteiger partial charge in [0.05, 0.1) is 30.9 Å². The molecular weight excluding hydrogens is 652 g/mol. The number of aliphatic hydroxyl groups excluding tert-OH is 4. The van der Waals surface area contributed by atoms with E-state index >= 15 is 0 Å². The molecule has 0 aliphatic heterocycles. The third-order valence-corrected chi connectivity index (χ3v) is 8.68. The van der Waals surface area contributed by atoms with Crippen molar-refractivity contribution in [3.8, 4) is 40.9 Å². The standard InChI is InChI=1S/C45H60O7/c1-3-4-5-6-7-8-9-10-11-12-13-14-15-16-29-50-45-39(23-17-37-19-25-43(26-20-37)51-34-41(48)32-46)30-36(2)31-40(45)24-18-38-21-27-44(28-22-38)52-35-42(49)33-47/h19-22,25-28,30-31,41-42,46-49H,3-16,29,32-35H2,1-2H3. The summed E-state index contributed by atoms with van der Waals surface area (Å²) in [5, 5.41) is 37.2. The van der Waals surface area contributed by atoms with Crippen LogP contribution in [0.1, 0.15) is 125 Å². The van der Waals surface area contributed by atoms with Crippen molar-refractivity contribution in [1.29, 1.82) is 0 Å². The van der Waals surface area contributed by atoms with E-state index in [1.807, 2.05) is 43.3 Å². The Kier molecular flexibility index (Phi) is 21.1. The van der Waals surface area contributed by atoms with Gasteiger partial charge in [0, 0.05) is 11.1 Å². The van der Waals surface area contributed by atoms with Gasteiger partial charge in [-0.05, 0) is 79.6 Å². The quantitative estimate of drug-likeness (QED) is 0.0549. The first-order valence-corrected chi connectivity index (χ1v) is 19.3. The van der Waals surface area contributed by atoms with Gasteiger partial charge >= 0.3 is 0 Å². The molecule has 3 rings (SSSR count). The minimum atomic E-state index is -0.924. The van der Waals surface area contributed by atoms with Crippen LogP contribution in [0.15, 0.2) is 60.7 Å². The van der Waals surface area contributed by atoms with Crippen LogP contribution in [0.4, 0.5) is 0 Å². The number of benzene rings is 3. The topological polar surface area (TPSA) is 109 Å². The molecule has 0 bridgehead atoms. The van der Waals surface area contributed by atoms with E-state index < -0.39 is 12.2 Å². The lowest BCUT2D eigenvalue weighted by molar-refractivity contribution is 0.0536. The maximum absolute atomic E-state index is 9.56. The Morgan fingerprint density at radius 2 is 0.904 bits per heavy atom. The summed E-state index contributed by atoms with van der Waals surface area (Å²) in [4.78, 5) is 0. The van der Waals surface area contributed by atoms with Crippen molar-refractivity contribution in [2.45, 2.75) is 116 Å². The zero-order valence-electron chi connectivity index (χ0n) is 31.4. The van der Waals surface area contributed by atoms with E-state index in [-0.39, 0.29) is 26.4 Å². The van der Waals surface area contributed by atoms with Gasteiger partial charge in [-0.3, -0.25) is 0 Å². The van der Waals surface area contributed by atoms with Gasteiger partial charge in [0.15, 0.2) is 5.75 Å². The van der Waals surface area contributed by atoms with Gasteiger partial charge in [-0.1, -0.05) is 114 Å². The number of rotatable bonds is 24. The minimum Gasteiger partial charge on any atom is -0.491 e. The van der Waals surface area contributed by atoms with Crippen molar-refractivity contribution >= 4 is 0 Å². The number of aryl methyl sites for hydroxylation is 1. The van der Waals surface area contributed by atoms with Crippen LogP contribution in [-0.4, -0.2) is 65.7 Å². The van der Waals surface area contributed by atoms with E-state index in [0.717, 1.165) is 40.7 Å². The first-order chi connectivity index (χ1) is 25.4. The third-order valence-electron chi connectivity index (χ3n) is 8.68. The average Bonchev–Trinajstić information content (AvgIpc) is 3.17. The van der Waals surface area contributed by atoms with Gasteiger partial charge in [0.2, 0.25) is 0 Å². The maximum Gasteiger partial charge on any atom is 0.150 e. The number of hydrogen-bond acceptors (Lipinski definition) is 7. The molecule has 3 aromatic rings. The summed E-state index contributed by atoms with van der Waals surface area (Å²) in [5.74, 6) is 15.0. The highest BCUT2D eigenvalue weighted by Crippen LogP contribution is 2.26. The first kappa shape index (κ1) is 42.4. The van der Waals surface area contributed by atoms with Crippen LogP contribution in [-0.2, 0) is 0 Å². The minimum absolute atomic E-state index is 0.0152. The Labute approximate surface area is 312 Å². The summed E-state index contributed by atoms with van der Waals surface area (Å²) in [6.45, 7) is 4.20. The van der Waals surface area contributed by atoms with Crippen LogP contribution >= 0.6 is 0 Å². The summed E-state index contributed by atoms with van der Waals surface area (Å²) in [5.41, 5.74) is 4.17. The van der Waals surface area contributed by atoms with E-state index in [9.17, 15) is 10.2 Å². The summed E-state index contributed by atoms with van der Waals surface area (Å²) in [6.07, 6.45) is 16.4. The van der Waals surface area contributed by atoms with Gasteiger partial charge in [-0.2, -0.15) is 0 Å². The summed E-state index contributed by atoms with van der Waals surface area (Å²) in [6, 6.07) is 18.7. The zero-order chi connectivity index (χ0) is 37.2. The highest BCUT2D eigenvalue weighted by molar-refractivity contribution is 5.61. The smallest absolute Gasteiger partial charge is 0.150 e. The Morgan fingerprint density at radius 1 is 0.519 bits per heavy atom. The maximum atomic E-state index is 9.56. The Hall–Kier alpha value is -3.98. The fraction of sp³-hybridized carbons (Fsp3) is 0.511. The van der Waals surface area contributed by atoms with Crippen LogP contribution in [0.2, 0.25) is 0 Å².